The van der Waals surface area contributed by atoms with Crippen molar-refractivity contribution in [3.8, 4) is 33.8 Å². The molecule has 3 heteroatoms. The predicted octanol–water partition coefficient (Wildman–Crippen LogP) is 17.9. The molecule has 0 spiro atoms. The molecule has 0 N–H and O–H groups in total. The summed E-state index contributed by atoms with van der Waals surface area (Å²) in [5, 5.41) is 0. The van der Waals surface area contributed by atoms with Gasteiger partial charge in [-0.25, -0.2) is 0 Å². The number of allylic oxidation sites excluding steroid dienone is 8. The molecular weight excluding hydrogens is 849 g/mol. The molecule has 2 unspecified atom stereocenters. The number of benzene rings is 8. The fourth-order valence-corrected chi connectivity index (χ4v) is 11.5. The van der Waals surface area contributed by atoms with Gasteiger partial charge in [-0.15, -0.1) is 0 Å². The van der Waals surface area contributed by atoms with E-state index in [0.29, 0.717) is 18.3 Å². The van der Waals surface area contributed by atoms with E-state index in [-0.39, 0.29) is 5.41 Å². The van der Waals surface area contributed by atoms with Crippen molar-refractivity contribution in [1.29, 1.82) is 0 Å². The lowest BCUT2D eigenvalue weighted by Crippen LogP contribution is -2.30. The van der Waals surface area contributed by atoms with E-state index in [1.54, 1.807) is 0 Å². The first-order chi connectivity index (χ1) is 34.4. The van der Waals surface area contributed by atoms with Crippen LogP contribution in [0.25, 0.3) is 33.9 Å². The molecule has 340 valence electrons. The quantitative estimate of drug-likeness (QED) is 0.136. The smallest absolute Gasteiger partial charge is 0.133 e. The van der Waals surface area contributed by atoms with Gasteiger partial charge in [0.25, 0.3) is 0 Å². The maximum atomic E-state index is 7.21. The molecule has 0 bridgehead atoms. The van der Waals surface area contributed by atoms with Gasteiger partial charge in [0.15, 0.2) is 0 Å². The van der Waals surface area contributed by atoms with Gasteiger partial charge in [-0.2, -0.15) is 0 Å². The van der Waals surface area contributed by atoms with Crippen LogP contribution in [0, 0.1) is 5.92 Å². The molecule has 1 aliphatic heterocycles. The Morgan fingerprint density at radius 1 is 0.571 bits per heavy atom. The Hall–Kier alpha value is -8.14. The SMILES string of the molecule is C/C=C\c1cc(N(C2=CCC(c3ccccc3)C=C2)C2=CC=C3c4ccccc4C(C)(C)C3C2)cc2c1Cc1c(cccc1N(c1ccc(-c3ccccc3)cc1)c1ccc(-c3ccccc3)cc1)O2. The van der Waals surface area contributed by atoms with Crippen LogP contribution in [0.5, 0.6) is 11.5 Å². The van der Waals surface area contributed by atoms with Gasteiger partial charge in [0.2, 0.25) is 0 Å². The summed E-state index contributed by atoms with van der Waals surface area (Å²) < 4.78 is 7.21. The van der Waals surface area contributed by atoms with Crippen molar-refractivity contribution >= 4 is 34.4 Å². The summed E-state index contributed by atoms with van der Waals surface area (Å²) in [6, 6.07) is 70.3. The largest absolute Gasteiger partial charge is 0.457 e. The van der Waals surface area contributed by atoms with Crippen LogP contribution in [0.2, 0.25) is 0 Å². The number of hydrogen-bond acceptors (Lipinski definition) is 3. The van der Waals surface area contributed by atoms with Gasteiger partial charge in [0.05, 0.1) is 11.4 Å². The highest BCUT2D eigenvalue weighted by molar-refractivity contribution is 5.85. The lowest BCUT2D eigenvalue weighted by Gasteiger charge is -2.38. The van der Waals surface area contributed by atoms with Gasteiger partial charge in [-0.3, -0.25) is 0 Å². The molecule has 0 saturated carbocycles. The fourth-order valence-electron chi connectivity index (χ4n) is 11.5. The van der Waals surface area contributed by atoms with Crippen molar-refractivity contribution in [1.82, 2.24) is 0 Å². The minimum Gasteiger partial charge on any atom is -0.457 e. The Morgan fingerprint density at radius 3 is 1.84 bits per heavy atom. The Balaban J connectivity index is 0.947. The molecule has 3 aliphatic carbocycles. The minimum atomic E-state index is 0.00103. The highest BCUT2D eigenvalue weighted by Crippen LogP contribution is 2.55. The first kappa shape index (κ1) is 43.2. The van der Waals surface area contributed by atoms with Crippen LogP contribution in [0.1, 0.15) is 72.9 Å². The van der Waals surface area contributed by atoms with Gasteiger partial charge in [0, 0.05) is 52.3 Å². The van der Waals surface area contributed by atoms with Crippen molar-refractivity contribution in [2.24, 2.45) is 5.92 Å². The van der Waals surface area contributed by atoms with Crippen LogP contribution in [0.15, 0.2) is 242 Å². The van der Waals surface area contributed by atoms with Crippen LogP contribution >= 0.6 is 0 Å². The molecule has 8 aromatic carbocycles. The van der Waals surface area contributed by atoms with Crippen molar-refractivity contribution in [2.45, 2.75) is 51.4 Å². The van der Waals surface area contributed by atoms with E-state index in [4.69, 9.17) is 4.74 Å². The molecule has 8 aromatic rings. The molecule has 4 aliphatic rings. The Bertz CT molecular complexity index is 3310. The molecule has 0 radical (unpaired) electrons. The molecule has 12 rings (SSSR count). The number of rotatable bonds is 10. The average Bonchev–Trinajstić information content (AvgIpc) is 3.64. The summed E-state index contributed by atoms with van der Waals surface area (Å²) in [5.74, 6) is 2.47. The Morgan fingerprint density at radius 2 is 1.20 bits per heavy atom. The van der Waals surface area contributed by atoms with Crippen molar-refractivity contribution in [2.75, 3.05) is 9.80 Å². The summed E-state index contributed by atoms with van der Waals surface area (Å²) in [5.41, 5.74) is 20.8. The zero-order valence-corrected chi connectivity index (χ0v) is 40.1. The van der Waals surface area contributed by atoms with Crippen LogP contribution in [-0.4, -0.2) is 0 Å². The first-order valence-electron chi connectivity index (χ1n) is 24.9. The van der Waals surface area contributed by atoms with Crippen LogP contribution < -0.4 is 14.5 Å². The van der Waals surface area contributed by atoms with Crippen LogP contribution in [-0.2, 0) is 11.8 Å². The summed E-state index contributed by atoms with van der Waals surface area (Å²) in [7, 11) is 0. The van der Waals surface area contributed by atoms with E-state index in [1.165, 1.54) is 61.5 Å². The molecule has 0 amide bonds. The summed E-state index contributed by atoms with van der Waals surface area (Å²) in [6.45, 7) is 6.97. The summed E-state index contributed by atoms with van der Waals surface area (Å²) in [6.07, 6.45) is 19.0. The molecule has 70 heavy (non-hydrogen) atoms. The number of hydrogen-bond donors (Lipinski definition) is 0. The molecule has 3 nitrogen and oxygen atoms in total. The second kappa shape index (κ2) is 18.1. The Kier molecular flexibility index (Phi) is 11.1. The zero-order valence-electron chi connectivity index (χ0n) is 40.1. The zero-order chi connectivity index (χ0) is 47.2. The lowest BCUT2D eigenvalue weighted by molar-refractivity contribution is 0.406. The Labute approximate surface area is 413 Å². The predicted molar refractivity (Wildman–Crippen MR) is 293 cm³/mol. The molecule has 0 fully saturated rings. The van der Waals surface area contributed by atoms with Gasteiger partial charge < -0.3 is 14.5 Å². The van der Waals surface area contributed by atoms with Crippen molar-refractivity contribution in [3.63, 3.8) is 0 Å². The van der Waals surface area contributed by atoms with Crippen LogP contribution in [0.3, 0.4) is 0 Å². The lowest BCUT2D eigenvalue weighted by atomic mass is 9.73. The maximum Gasteiger partial charge on any atom is 0.133 e. The van der Waals surface area contributed by atoms with Crippen molar-refractivity contribution < 1.29 is 4.74 Å². The first-order valence-corrected chi connectivity index (χ1v) is 24.9. The minimum absolute atomic E-state index is 0.00103. The van der Waals surface area contributed by atoms with E-state index >= 15 is 0 Å². The van der Waals surface area contributed by atoms with Gasteiger partial charge in [-0.1, -0.05) is 190 Å². The average molecular weight is 905 g/mol. The van der Waals surface area contributed by atoms with Crippen LogP contribution in [0.4, 0.5) is 22.7 Å². The van der Waals surface area contributed by atoms with E-state index in [9.17, 15) is 0 Å². The number of anilines is 4. The van der Waals surface area contributed by atoms with E-state index in [2.05, 4.69) is 267 Å². The molecule has 0 aromatic heterocycles. The molecule has 2 atom stereocenters. The van der Waals surface area contributed by atoms with E-state index in [0.717, 1.165) is 58.2 Å². The number of fused-ring (bicyclic) bond motifs is 5. The van der Waals surface area contributed by atoms with Gasteiger partial charge in [-0.05, 0) is 136 Å². The summed E-state index contributed by atoms with van der Waals surface area (Å²) >= 11 is 0. The second-order valence-corrected chi connectivity index (χ2v) is 19.6. The maximum absolute atomic E-state index is 7.21. The van der Waals surface area contributed by atoms with Gasteiger partial charge in [0.1, 0.15) is 11.5 Å². The van der Waals surface area contributed by atoms with E-state index < -0.39 is 0 Å². The monoisotopic (exact) mass is 904 g/mol. The third-order valence-electron chi connectivity index (χ3n) is 15.1. The van der Waals surface area contributed by atoms with Gasteiger partial charge >= 0.3 is 0 Å². The highest BCUT2D eigenvalue weighted by atomic mass is 16.5. The fraction of sp³-hybridized carbons (Fsp3) is 0.134. The number of nitrogens with zero attached hydrogens (tertiary/aromatic N) is 2. The molecular formula is C67H56N2O. The second-order valence-electron chi connectivity index (χ2n) is 19.6. The highest BCUT2D eigenvalue weighted by Gasteiger charge is 2.44. The third-order valence-corrected chi connectivity index (χ3v) is 15.1. The summed E-state index contributed by atoms with van der Waals surface area (Å²) in [4.78, 5) is 4.92. The van der Waals surface area contributed by atoms with E-state index in [1.807, 2.05) is 0 Å². The normalized spacial score (nSPS) is 17.3. The topological polar surface area (TPSA) is 15.7 Å². The van der Waals surface area contributed by atoms with Crippen molar-refractivity contribution in [3.05, 3.63) is 275 Å². The standard InChI is InChI=1S/C67H56N2O/c1-4-17-52-42-57(68(53-34-28-49(29-35-53)46-18-8-5-9-19-46)56-40-41-59-58-24-14-15-25-62(58)67(2,3)63(59)43-56)44-66-60(52)45-61-64(26-16-27-65(61)70-66)69(54-36-30-50(31-37-54)47-20-10-6-11-21-47)55-38-32-51(33-39-55)48-22-12-7-13-23-48/h4-28,30-42,44,49,63H,29,43,45H2,1-3H3/b17-4-. The molecule has 0 saturated heterocycles. The number of ether oxygens (including phenoxy) is 1. The molecule has 1 heterocycles. The third kappa shape index (κ3) is 7.82.